The van der Waals surface area contributed by atoms with Crippen LogP contribution < -0.4 is 0 Å². The number of rotatable bonds is 4. The zero-order chi connectivity index (χ0) is 14.7. The van der Waals surface area contributed by atoms with E-state index < -0.39 is 5.97 Å². The van der Waals surface area contributed by atoms with Crippen molar-refractivity contribution in [2.75, 3.05) is 26.2 Å². The lowest BCUT2D eigenvalue weighted by molar-refractivity contribution is -0.138. The zero-order valence-electron chi connectivity index (χ0n) is 11.2. The number of thiophene rings is 1. The number of carboxylic acid groups (broad SMARTS) is 1. The Bertz CT molecular complexity index is 498. The lowest BCUT2D eigenvalue weighted by Gasteiger charge is -2.37. The minimum Gasteiger partial charge on any atom is -0.481 e. The normalized spacial score (nSPS) is 18.0. The van der Waals surface area contributed by atoms with Crippen molar-refractivity contribution in [1.29, 1.82) is 0 Å². The first-order valence-corrected chi connectivity index (χ1v) is 7.73. The Morgan fingerprint density at radius 2 is 2.05 bits per heavy atom. The Labute approximate surface area is 126 Å². The van der Waals surface area contributed by atoms with Gasteiger partial charge in [-0.25, -0.2) is 0 Å². The smallest absolute Gasteiger partial charge is 0.304 e. The fraction of sp³-hybridized carbons (Fsp3) is 0.538. The van der Waals surface area contributed by atoms with Gasteiger partial charge >= 0.3 is 5.97 Å². The Morgan fingerprint density at radius 3 is 2.55 bits per heavy atom. The van der Waals surface area contributed by atoms with Crippen LogP contribution in [0, 0.1) is 0 Å². The van der Waals surface area contributed by atoms with Crippen LogP contribution >= 0.6 is 22.9 Å². The number of piperazine rings is 1. The van der Waals surface area contributed by atoms with E-state index in [4.69, 9.17) is 16.7 Å². The largest absolute Gasteiger partial charge is 0.481 e. The van der Waals surface area contributed by atoms with Gasteiger partial charge in [-0.3, -0.25) is 14.5 Å². The number of nitrogens with zero attached hydrogens (tertiary/aromatic N) is 2. The lowest BCUT2D eigenvalue weighted by Crippen LogP contribution is -2.51. The van der Waals surface area contributed by atoms with E-state index in [0.29, 0.717) is 36.1 Å². The van der Waals surface area contributed by atoms with Gasteiger partial charge in [-0.05, 0) is 18.4 Å². The van der Waals surface area contributed by atoms with Crippen molar-refractivity contribution >= 4 is 34.8 Å². The molecule has 1 aromatic heterocycles. The third-order valence-electron chi connectivity index (χ3n) is 3.54. The molecule has 2 rings (SSSR count). The predicted molar refractivity (Wildman–Crippen MR) is 78.5 cm³/mol. The second-order valence-corrected chi connectivity index (χ2v) is 6.40. The van der Waals surface area contributed by atoms with Crippen LogP contribution in [0.25, 0.3) is 0 Å². The van der Waals surface area contributed by atoms with Crippen molar-refractivity contribution in [3.05, 3.63) is 21.3 Å². The quantitative estimate of drug-likeness (QED) is 0.923. The summed E-state index contributed by atoms with van der Waals surface area (Å²) in [4.78, 5) is 26.9. The molecule has 0 bridgehead atoms. The van der Waals surface area contributed by atoms with E-state index in [2.05, 4.69) is 4.90 Å². The highest BCUT2D eigenvalue weighted by Gasteiger charge is 2.26. The van der Waals surface area contributed by atoms with Crippen LogP contribution in [0.15, 0.2) is 11.4 Å². The van der Waals surface area contributed by atoms with Gasteiger partial charge in [0.05, 0.1) is 12.0 Å². The molecule has 2 heterocycles. The number of hydrogen-bond donors (Lipinski definition) is 1. The van der Waals surface area contributed by atoms with Crippen molar-refractivity contribution in [2.24, 2.45) is 0 Å². The number of hydrogen-bond acceptors (Lipinski definition) is 4. The maximum absolute atomic E-state index is 12.3. The van der Waals surface area contributed by atoms with Crippen LogP contribution in [-0.2, 0) is 4.79 Å². The van der Waals surface area contributed by atoms with Gasteiger partial charge in [0.15, 0.2) is 0 Å². The molecule has 1 amide bonds. The Balaban J connectivity index is 1.90. The SMILES string of the molecule is CC(CC(=O)O)N1CCN(C(=O)c2ccsc2Cl)CC1. The van der Waals surface area contributed by atoms with E-state index in [0.717, 1.165) is 0 Å². The number of amides is 1. The molecule has 0 radical (unpaired) electrons. The fourth-order valence-electron chi connectivity index (χ4n) is 2.36. The summed E-state index contributed by atoms with van der Waals surface area (Å²) in [6.07, 6.45) is 0.129. The van der Waals surface area contributed by atoms with Gasteiger partial charge in [-0.1, -0.05) is 11.6 Å². The van der Waals surface area contributed by atoms with Gasteiger partial charge in [0.25, 0.3) is 5.91 Å². The van der Waals surface area contributed by atoms with Gasteiger partial charge in [0, 0.05) is 32.2 Å². The third kappa shape index (κ3) is 3.50. The van der Waals surface area contributed by atoms with Gasteiger partial charge in [-0.2, -0.15) is 0 Å². The maximum Gasteiger partial charge on any atom is 0.304 e. The van der Waals surface area contributed by atoms with E-state index >= 15 is 0 Å². The van der Waals surface area contributed by atoms with E-state index in [1.165, 1.54) is 11.3 Å². The fourth-order valence-corrected chi connectivity index (χ4v) is 3.27. The molecule has 1 aromatic rings. The van der Waals surface area contributed by atoms with Crippen LogP contribution in [0.3, 0.4) is 0 Å². The maximum atomic E-state index is 12.3. The molecular weight excluding hydrogens is 300 g/mol. The number of halogens is 1. The second-order valence-electron chi connectivity index (χ2n) is 4.88. The molecule has 1 fully saturated rings. The predicted octanol–water partition coefficient (Wildman–Crippen LogP) is 2.02. The molecule has 1 aliphatic rings. The molecule has 1 saturated heterocycles. The molecule has 0 aromatic carbocycles. The Morgan fingerprint density at radius 1 is 1.40 bits per heavy atom. The van der Waals surface area contributed by atoms with E-state index in [-0.39, 0.29) is 18.4 Å². The molecule has 1 N–H and O–H groups in total. The first-order chi connectivity index (χ1) is 9.49. The average molecular weight is 317 g/mol. The molecule has 20 heavy (non-hydrogen) atoms. The van der Waals surface area contributed by atoms with E-state index in [1.807, 2.05) is 6.92 Å². The van der Waals surface area contributed by atoms with Gasteiger partial charge in [0.2, 0.25) is 0 Å². The van der Waals surface area contributed by atoms with Crippen LogP contribution in [0.4, 0.5) is 0 Å². The van der Waals surface area contributed by atoms with E-state index in [9.17, 15) is 9.59 Å². The average Bonchev–Trinajstić information content (AvgIpc) is 2.83. The lowest BCUT2D eigenvalue weighted by atomic mass is 10.1. The van der Waals surface area contributed by atoms with Crippen molar-refractivity contribution in [1.82, 2.24) is 9.80 Å². The number of carbonyl (C=O) groups excluding carboxylic acids is 1. The standard InChI is InChI=1S/C13H17ClN2O3S/c1-9(8-11(17)18)15-3-5-16(6-4-15)13(19)10-2-7-20-12(10)14/h2,7,9H,3-6,8H2,1H3,(H,17,18). The first-order valence-electron chi connectivity index (χ1n) is 6.47. The summed E-state index contributed by atoms with van der Waals surface area (Å²) in [5.41, 5.74) is 0.559. The molecule has 0 spiro atoms. The molecule has 0 aliphatic carbocycles. The van der Waals surface area contributed by atoms with Crippen LogP contribution in [0.2, 0.25) is 4.34 Å². The molecule has 0 saturated carbocycles. The monoisotopic (exact) mass is 316 g/mol. The van der Waals surface area contributed by atoms with Crippen molar-refractivity contribution < 1.29 is 14.7 Å². The molecular formula is C13H17ClN2O3S. The first kappa shape index (κ1) is 15.3. The highest BCUT2D eigenvalue weighted by atomic mass is 35.5. The van der Waals surface area contributed by atoms with Crippen molar-refractivity contribution in [2.45, 2.75) is 19.4 Å². The summed E-state index contributed by atoms with van der Waals surface area (Å²) < 4.78 is 0.525. The number of carbonyl (C=O) groups is 2. The summed E-state index contributed by atoms with van der Waals surface area (Å²) in [7, 11) is 0. The Hall–Kier alpha value is -1.11. The second kappa shape index (κ2) is 6.56. The summed E-state index contributed by atoms with van der Waals surface area (Å²) in [5.74, 6) is -0.831. The highest BCUT2D eigenvalue weighted by molar-refractivity contribution is 7.14. The Kier molecular flexibility index (Phi) is 5.01. The zero-order valence-corrected chi connectivity index (χ0v) is 12.8. The summed E-state index contributed by atoms with van der Waals surface area (Å²) >= 11 is 7.34. The van der Waals surface area contributed by atoms with Gasteiger partial charge in [0.1, 0.15) is 4.34 Å². The molecule has 1 unspecified atom stereocenters. The molecule has 5 nitrogen and oxygen atoms in total. The number of aliphatic carboxylic acids is 1. The topological polar surface area (TPSA) is 60.9 Å². The van der Waals surface area contributed by atoms with Crippen molar-refractivity contribution in [3.8, 4) is 0 Å². The van der Waals surface area contributed by atoms with Crippen molar-refractivity contribution in [3.63, 3.8) is 0 Å². The summed E-state index contributed by atoms with van der Waals surface area (Å²) in [5, 5.41) is 10.6. The highest BCUT2D eigenvalue weighted by Crippen LogP contribution is 2.24. The van der Waals surface area contributed by atoms with Crippen LogP contribution in [0.5, 0.6) is 0 Å². The van der Waals surface area contributed by atoms with Crippen LogP contribution in [0.1, 0.15) is 23.7 Å². The number of carboxylic acids is 1. The molecule has 1 aliphatic heterocycles. The molecule has 110 valence electrons. The minimum atomic E-state index is -0.791. The van der Waals surface area contributed by atoms with Gasteiger partial charge < -0.3 is 10.0 Å². The van der Waals surface area contributed by atoms with E-state index in [1.54, 1.807) is 16.3 Å². The molecule has 7 heteroatoms. The van der Waals surface area contributed by atoms with Crippen LogP contribution in [-0.4, -0.2) is 59.0 Å². The summed E-state index contributed by atoms with van der Waals surface area (Å²) in [6, 6.07) is 1.74. The van der Waals surface area contributed by atoms with Gasteiger partial charge in [-0.15, -0.1) is 11.3 Å². The minimum absolute atomic E-state index is 0.00510. The molecule has 1 atom stereocenters. The third-order valence-corrected chi connectivity index (χ3v) is 4.71. The summed E-state index contributed by atoms with van der Waals surface area (Å²) in [6.45, 7) is 4.51.